The normalized spacial score (nSPS) is 18.9. The molecule has 8 nitrogen and oxygen atoms in total. The molecule has 0 radical (unpaired) electrons. The zero-order valence-electron chi connectivity index (χ0n) is 21.8. The molecule has 5 rings (SSSR count). The number of carbonyl (C=O) groups excluding carboxylic acids is 4. The number of fused-ring (bicyclic) bond motifs is 1. The Kier molecular flexibility index (Phi) is 7.59. The van der Waals surface area contributed by atoms with Crippen molar-refractivity contribution >= 4 is 29.3 Å². The van der Waals surface area contributed by atoms with Crippen LogP contribution >= 0.6 is 0 Å². The predicted octanol–water partition coefficient (Wildman–Crippen LogP) is 4.39. The van der Waals surface area contributed by atoms with E-state index in [1.54, 1.807) is 47.4 Å². The number of nitrogens with zero attached hydrogens (tertiary/aromatic N) is 3. The van der Waals surface area contributed by atoms with Gasteiger partial charge in [-0.2, -0.15) is 0 Å². The maximum Gasteiger partial charge on any atom is 0.323 e. The number of piperazine rings is 1. The minimum absolute atomic E-state index is 0.00438. The van der Waals surface area contributed by atoms with Crippen molar-refractivity contribution in [3.8, 4) is 0 Å². The number of amides is 4. The van der Waals surface area contributed by atoms with Crippen molar-refractivity contribution in [3.63, 3.8) is 0 Å². The SMILES string of the molecule is CC(=O)c1ccc(NC(=O)N2CCC(=O)N3[C@@H](c4cccc(F)c4)C(=O)N(CCc4cccc(F)c4)C[C@H]23)cc1. The second kappa shape index (κ2) is 11.3. The van der Waals surface area contributed by atoms with Crippen LogP contribution in [0, 0.1) is 11.6 Å². The summed E-state index contributed by atoms with van der Waals surface area (Å²) in [5, 5.41) is 2.81. The van der Waals surface area contributed by atoms with Gasteiger partial charge in [0.2, 0.25) is 11.8 Å². The number of anilines is 1. The van der Waals surface area contributed by atoms with Gasteiger partial charge in [-0.15, -0.1) is 0 Å². The number of Topliss-reactive ketones (excluding diaryl/α,β-unsaturated/α-hetero) is 1. The summed E-state index contributed by atoms with van der Waals surface area (Å²) in [6.07, 6.45) is -0.458. The fourth-order valence-electron chi connectivity index (χ4n) is 5.25. The zero-order valence-corrected chi connectivity index (χ0v) is 21.8. The average Bonchev–Trinajstić information content (AvgIpc) is 2.92. The molecule has 0 saturated carbocycles. The average molecular weight is 547 g/mol. The van der Waals surface area contributed by atoms with E-state index >= 15 is 0 Å². The molecule has 0 unspecified atom stereocenters. The van der Waals surface area contributed by atoms with Gasteiger partial charge >= 0.3 is 6.03 Å². The van der Waals surface area contributed by atoms with Gasteiger partial charge in [-0.25, -0.2) is 13.6 Å². The first-order valence-corrected chi connectivity index (χ1v) is 13.0. The molecule has 3 aromatic carbocycles. The third-order valence-electron chi connectivity index (χ3n) is 7.27. The molecule has 1 N–H and O–H groups in total. The lowest BCUT2D eigenvalue weighted by Crippen LogP contribution is -2.69. The molecule has 2 saturated heterocycles. The molecular weight excluding hydrogens is 518 g/mol. The first-order valence-electron chi connectivity index (χ1n) is 13.0. The number of urea groups is 1. The Morgan fingerprint density at radius 1 is 0.950 bits per heavy atom. The summed E-state index contributed by atoms with van der Waals surface area (Å²) in [4.78, 5) is 56.5. The van der Waals surface area contributed by atoms with Gasteiger partial charge in [-0.05, 0) is 73.0 Å². The quantitative estimate of drug-likeness (QED) is 0.465. The van der Waals surface area contributed by atoms with E-state index in [9.17, 15) is 28.0 Å². The highest BCUT2D eigenvalue weighted by molar-refractivity contribution is 5.96. The number of hydrogen-bond acceptors (Lipinski definition) is 4. The molecule has 2 aliphatic heterocycles. The van der Waals surface area contributed by atoms with Crippen molar-refractivity contribution in [1.82, 2.24) is 14.7 Å². The lowest BCUT2D eigenvalue weighted by atomic mass is 9.96. The number of carbonyl (C=O) groups is 4. The second-order valence-corrected chi connectivity index (χ2v) is 9.91. The Morgan fingerprint density at radius 2 is 1.65 bits per heavy atom. The molecule has 0 bridgehead atoms. The minimum Gasteiger partial charge on any atom is -0.336 e. The van der Waals surface area contributed by atoms with Crippen LogP contribution in [0.1, 0.15) is 40.9 Å². The highest BCUT2D eigenvalue weighted by Crippen LogP contribution is 2.35. The lowest BCUT2D eigenvalue weighted by molar-refractivity contribution is -0.167. The van der Waals surface area contributed by atoms with E-state index in [0.29, 0.717) is 28.8 Å². The number of rotatable bonds is 6. The third kappa shape index (κ3) is 5.56. The van der Waals surface area contributed by atoms with Crippen LogP contribution in [-0.4, -0.2) is 64.1 Å². The van der Waals surface area contributed by atoms with Crippen molar-refractivity contribution < 1.29 is 28.0 Å². The Bertz CT molecular complexity index is 1460. The third-order valence-corrected chi connectivity index (χ3v) is 7.27. The first-order chi connectivity index (χ1) is 19.2. The largest absolute Gasteiger partial charge is 0.336 e. The topological polar surface area (TPSA) is 90.0 Å². The van der Waals surface area contributed by atoms with Crippen LogP contribution in [-0.2, 0) is 16.0 Å². The van der Waals surface area contributed by atoms with Crippen molar-refractivity contribution in [2.45, 2.75) is 32.0 Å². The van der Waals surface area contributed by atoms with E-state index in [0.717, 1.165) is 0 Å². The lowest BCUT2D eigenvalue weighted by Gasteiger charge is -2.52. The van der Waals surface area contributed by atoms with E-state index in [-0.39, 0.29) is 43.6 Å². The fraction of sp³-hybridized carbons (Fsp3) is 0.267. The summed E-state index contributed by atoms with van der Waals surface area (Å²) in [7, 11) is 0. The van der Waals surface area contributed by atoms with E-state index in [2.05, 4.69) is 5.32 Å². The number of ketones is 1. The van der Waals surface area contributed by atoms with E-state index in [4.69, 9.17) is 0 Å². The maximum absolute atomic E-state index is 14.2. The van der Waals surface area contributed by atoms with Crippen molar-refractivity contribution in [3.05, 3.63) is 101 Å². The summed E-state index contributed by atoms with van der Waals surface area (Å²) >= 11 is 0. The Hall–Kier alpha value is -4.60. The molecule has 10 heteroatoms. The predicted molar refractivity (Wildman–Crippen MR) is 143 cm³/mol. The van der Waals surface area contributed by atoms with E-state index < -0.39 is 30.0 Å². The molecular formula is C30H28F2N4O4. The molecule has 40 heavy (non-hydrogen) atoms. The van der Waals surface area contributed by atoms with Crippen LogP contribution < -0.4 is 5.32 Å². The van der Waals surface area contributed by atoms with E-state index in [1.807, 2.05) is 0 Å². The van der Waals surface area contributed by atoms with Gasteiger partial charge in [-0.1, -0.05) is 24.3 Å². The first kappa shape index (κ1) is 27.0. The summed E-state index contributed by atoms with van der Waals surface area (Å²) in [5.74, 6) is -1.74. The van der Waals surface area contributed by atoms with Gasteiger partial charge < -0.3 is 20.0 Å². The number of benzene rings is 3. The molecule has 2 aliphatic rings. The van der Waals surface area contributed by atoms with Gasteiger partial charge in [0.1, 0.15) is 23.8 Å². The zero-order chi connectivity index (χ0) is 28.4. The second-order valence-electron chi connectivity index (χ2n) is 9.91. The molecule has 206 valence electrons. The number of nitrogens with one attached hydrogen (secondary N) is 1. The summed E-state index contributed by atoms with van der Waals surface area (Å²) in [6, 6.07) is 16.5. The molecule has 0 aromatic heterocycles. The van der Waals surface area contributed by atoms with Gasteiger partial charge in [0.25, 0.3) is 0 Å². The highest BCUT2D eigenvalue weighted by Gasteiger charge is 2.49. The van der Waals surface area contributed by atoms with Crippen LogP contribution in [0.5, 0.6) is 0 Å². The summed E-state index contributed by atoms with van der Waals surface area (Å²) < 4.78 is 28.0. The van der Waals surface area contributed by atoms with Gasteiger partial charge in [0, 0.05) is 30.8 Å². The van der Waals surface area contributed by atoms with Crippen molar-refractivity contribution in [2.75, 3.05) is 25.0 Å². The van der Waals surface area contributed by atoms with E-state index in [1.165, 1.54) is 47.1 Å². The monoisotopic (exact) mass is 546 g/mol. The molecule has 4 amide bonds. The van der Waals surface area contributed by atoms with Gasteiger partial charge in [0.15, 0.2) is 5.78 Å². The molecule has 2 atom stereocenters. The summed E-state index contributed by atoms with van der Waals surface area (Å²) in [6.45, 7) is 1.84. The molecule has 0 aliphatic carbocycles. The van der Waals surface area contributed by atoms with Crippen LogP contribution in [0.25, 0.3) is 0 Å². The Labute approximate surface area is 230 Å². The highest BCUT2D eigenvalue weighted by atomic mass is 19.1. The van der Waals surface area contributed by atoms with Crippen molar-refractivity contribution in [1.29, 1.82) is 0 Å². The smallest absolute Gasteiger partial charge is 0.323 e. The fourth-order valence-corrected chi connectivity index (χ4v) is 5.25. The number of hydrogen-bond donors (Lipinski definition) is 1. The van der Waals surface area contributed by atoms with Crippen LogP contribution in [0.15, 0.2) is 72.8 Å². The van der Waals surface area contributed by atoms with Crippen LogP contribution in [0.2, 0.25) is 0 Å². The molecule has 2 fully saturated rings. The number of halogens is 2. The molecule has 3 aromatic rings. The standard InChI is InChI=1S/C30H28F2N4O4/c1-19(37)21-8-10-25(11-9-21)33-30(40)35-15-13-27(38)36-26(35)18-34(14-12-20-4-2-6-23(31)16-20)29(39)28(36)22-5-3-7-24(32)17-22/h2-11,16-17,26,28H,12-15,18H2,1H3,(H,33,40)/t26-,28+/m1/s1. The molecule has 0 spiro atoms. The van der Waals surface area contributed by atoms with Crippen LogP contribution in [0.3, 0.4) is 0 Å². The Morgan fingerprint density at radius 3 is 2.33 bits per heavy atom. The summed E-state index contributed by atoms with van der Waals surface area (Å²) in [5.41, 5.74) is 1.97. The van der Waals surface area contributed by atoms with Gasteiger partial charge in [-0.3, -0.25) is 14.4 Å². The minimum atomic E-state index is -1.13. The van der Waals surface area contributed by atoms with Gasteiger partial charge in [0.05, 0.1) is 6.54 Å². The van der Waals surface area contributed by atoms with Crippen LogP contribution in [0.4, 0.5) is 19.3 Å². The Balaban J connectivity index is 1.44. The molecule has 2 heterocycles. The van der Waals surface area contributed by atoms with Crippen molar-refractivity contribution in [2.24, 2.45) is 0 Å². The maximum atomic E-state index is 14.2.